The standard InChI is InChI=1S/C28H22B2F6O3/c31-27(32,33)21-5-13-25(14-6-21)29(37)23-9-1-19(2-10-23)17-39-18-20-3-11-24(12-4-20)30(38)26-15-7-22(8-16-26)28(34,35)36/h1-16,37-38H,17-18H2. The molecule has 0 fully saturated rings. The van der Waals surface area contributed by atoms with Gasteiger partial charge in [0.25, 0.3) is 0 Å². The van der Waals surface area contributed by atoms with E-state index in [1.165, 1.54) is 24.3 Å². The number of hydrogen-bond donors (Lipinski definition) is 2. The van der Waals surface area contributed by atoms with Crippen molar-refractivity contribution in [2.24, 2.45) is 0 Å². The lowest BCUT2D eigenvalue weighted by Gasteiger charge is -2.12. The van der Waals surface area contributed by atoms with E-state index in [0.717, 1.165) is 35.4 Å². The van der Waals surface area contributed by atoms with Gasteiger partial charge < -0.3 is 14.8 Å². The minimum Gasteiger partial charge on any atom is -0.443 e. The zero-order valence-corrected chi connectivity index (χ0v) is 20.4. The molecule has 4 aromatic rings. The number of hydrogen-bond acceptors (Lipinski definition) is 3. The normalized spacial score (nSPS) is 11.9. The van der Waals surface area contributed by atoms with Crippen LogP contribution in [0, 0.1) is 0 Å². The van der Waals surface area contributed by atoms with Gasteiger partial charge in [0.1, 0.15) is 0 Å². The maximum Gasteiger partial charge on any atom is 0.416 e. The molecule has 0 aliphatic carbocycles. The fraction of sp³-hybridized carbons (Fsp3) is 0.143. The molecule has 0 saturated carbocycles. The molecule has 0 radical (unpaired) electrons. The fourth-order valence-electron chi connectivity index (χ4n) is 3.97. The highest BCUT2D eigenvalue weighted by Gasteiger charge is 2.31. The van der Waals surface area contributed by atoms with Gasteiger partial charge in [-0.15, -0.1) is 0 Å². The Morgan fingerprint density at radius 3 is 0.974 bits per heavy atom. The molecule has 2 N–H and O–H groups in total. The molecule has 11 heteroatoms. The molecule has 0 aliphatic heterocycles. The second-order valence-electron chi connectivity index (χ2n) is 9.02. The van der Waals surface area contributed by atoms with Crippen LogP contribution in [0.3, 0.4) is 0 Å². The molecule has 0 saturated heterocycles. The summed E-state index contributed by atoms with van der Waals surface area (Å²) in [6.45, 7) is -1.60. The molecule has 3 nitrogen and oxygen atoms in total. The van der Waals surface area contributed by atoms with Gasteiger partial charge in [0.15, 0.2) is 0 Å². The van der Waals surface area contributed by atoms with Crippen molar-refractivity contribution in [3.63, 3.8) is 0 Å². The average Bonchev–Trinajstić information content (AvgIpc) is 2.92. The third-order valence-electron chi connectivity index (χ3n) is 6.24. The van der Waals surface area contributed by atoms with E-state index in [0.29, 0.717) is 21.9 Å². The highest BCUT2D eigenvalue weighted by molar-refractivity contribution is 6.79. The number of ether oxygens (including phenoxy) is 1. The summed E-state index contributed by atoms with van der Waals surface area (Å²) < 4.78 is 82.2. The number of rotatable bonds is 8. The molecule has 0 aromatic heterocycles. The van der Waals surface area contributed by atoms with Gasteiger partial charge in [0, 0.05) is 0 Å². The van der Waals surface area contributed by atoms with Crippen LogP contribution >= 0.6 is 0 Å². The Hall–Kier alpha value is -3.53. The summed E-state index contributed by atoms with van der Waals surface area (Å²) in [4.78, 5) is 0. The van der Waals surface area contributed by atoms with E-state index >= 15 is 0 Å². The lowest BCUT2D eigenvalue weighted by molar-refractivity contribution is -0.138. The summed E-state index contributed by atoms with van der Waals surface area (Å²) in [7, 11) is 0. The van der Waals surface area contributed by atoms with Crippen LogP contribution in [0.2, 0.25) is 0 Å². The Labute approximate surface area is 221 Å². The fourth-order valence-corrected chi connectivity index (χ4v) is 3.97. The van der Waals surface area contributed by atoms with Gasteiger partial charge in [-0.2, -0.15) is 26.3 Å². The molecule has 39 heavy (non-hydrogen) atoms. The third kappa shape index (κ3) is 7.32. The van der Waals surface area contributed by atoms with Crippen molar-refractivity contribution in [2.45, 2.75) is 25.6 Å². The second-order valence-corrected chi connectivity index (χ2v) is 9.02. The maximum atomic E-state index is 12.7. The van der Waals surface area contributed by atoms with Gasteiger partial charge in [-0.25, -0.2) is 0 Å². The van der Waals surface area contributed by atoms with Crippen molar-refractivity contribution in [1.82, 2.24) is 0 Å². The Kier molecular flexibility index (Phi) is 8.54. The first-order valence-electron chi connectivity index (χ1n) is 11.9. The van der Waals surface area contributed by atoms with Crippen LogP contribution < -0.4 is 21.9 Å². The van der Waals surface area contributed by atoms with E-state index in [1.54, 1.807) is 48.5 Å². The minimum absolute atomic E-state index is 0.270. The predicted octanol–water partition coefficient (Wildman–Crippen LogP) is 3.64. The molecule has 0 amide bonds. The highest BCUT2D eigenvalue weighted by Crippen LogP contribution is 2.29. The molecule has 0 heterocycles. The predicted molar refractivity (Wildman–Crippen MR) is 139 cm³/mol. The summed E-state index contributed by atoms with van der Waals surface area (Å²) in [5.74, 6) is 0. The van der Waals surface area contributed by atoms with Crippen molar-refractivity contribution in [3.05, 3.63) is 119 Å². The molecule has 200 valence electrons. The zero-order chi connectivity index (χ0) is 28.2. The zero-order valence-electron chi connectivity index (χ0n) is 20.4. The Balaban J connectivity index is 1.29. The van der Waals surface area contributed by atoms with Crippen LogP contribution in [-0.2, 0) is 30.3 Å². The van der Waals surface area contributed by atoms with Crippen LogP contribution in [0.5, 0.6) is 0 Å². The number of alkyl halides is 6. The van der Waals surface area contributed by atoms with Crippen molar-refractivity contribution in [2.75, 3.05) is 0 Å². The molecule has 0 bridgehead atoms. The molecule has 0 spiro atoms. The van der Waals surface area contributed by atoms with Gasteiger partial charge >= 0.3 is 26.2 Å². The summed E-state index contributed by atoms with van der Waals surface area (Å²) in [5, 5.41) is 21.0. The quantitative estimate of drug-likeness (QED) is 0.264. The van der Waals surface area contributed by atoms with Crippen LogP contribution in [0.25, 0.3) is 0 Å². The highest BCUT2D eigenvalue weighted by atomic mass is 19.4. The van der Waals surface area contributed by atoms with Crippen LogP contribution in [0.15, 0.2) is 97.1 Å². The van der Waals surface area contributed by atoms with Crippen molar-refractivity contribution in [1.29, 1.82) is 0 Å². The van der Waals surface area contributed by atoms with Gasteiger partial charge in [-0.1, -0.05) is 97.1 Å². The Morgan fingerprint density at radius 1 is 0.462 bits per heavy atom. The molecular weight excluding hydrogens is 520 g/mol. The molecule has 4 aromatic carbocycles. The molecule has 0 atom stereocenters. The topological polar surface area (TPSA) is 49.7 Å². The molecular formula is C28H22B2F6O3. The Morgan fingerprint density at radius 2 is 0.718 bits per heavy atom. The van der Waals surface area contributed by atoms with E-state index in [2.05, 4.69) is 0 Å². The number of benzene rings is 4. The van der Waals surface area contributed by atoms with Gasteiger partial charge in [0.2, 0.25) is 0 Å². The largest absolute Gasteiger partial charge is 0.443 e. The molecule has 0 unspecified atom stereocenters. The first-order chi connectivity index (χ1) is 18.4. The van der Waals surface area contributed by atoms with E-state index in [4.69, 9.17) is 4.74 Å². The van der Waals surface area contributed by atoms with Crippen LogP contribution in [0.1, 0.15) is 22.3 Å². The first kappa shape index (κ1) is 28.5. The first-order valence-corrected chi connectivity index (χ1v) is 11.9. The van der Waals surface area contributed by atoms with Gasteiger partial charge in [0.05, 0.1) is 24.3 Å². The molecule has 4 rings (SSSR count). The minimum atomic E-state index is -4.44. The second kappa shape index (κ2) is 11.7. The SMILES string of the molecule is OB(c1ccc(COCc2ccc(B(O)c3ccc(C(F)(F)F)cc3)cc2)cc1)c1ccc(C(F)(F)F)cc1. The van der Waals surface area contributed by atoms with Gasteiger partial charge in [-0.05, 0) is 33.0 Å². The van der Waals surface area contributed by atoms with E-state index in [-0.39, 0.29) is 13.2 Å². The Bertz CT molecular complexity index is 1250. The van der Waals surface area contributed by atoms with Crippen molar-refractivity contribution >= 4 is 35.7 Å². The summed E-state index contributed by atoms with van der Waals surface area (Å²) in [5.41, 5.74) is 1.84. The van der Waals surface area contributed by atoms with E-state index in [9.17, 15) is 36.4 Å². The van der Waals surface area contributed by atoms with E-state index < -0.39 is 37.3 Å². The summed E-state index contributed by atoms with van der Waals surface area (Å²) >= 11 is 0. The average molecular weight is 542 g/mol. The smallest absolute Gasteiger partial charge is 0.416 e. The van der Waals surface area contributed by atoms with Crippen molar-refractivity contribution < 1.29 is 41.1 Å². The van der Waals surface area contributed by atoms with E-state index in [1.807, 2.05) is 0 Å². The summed E-state index contributed by atoms with van der Waals surface area (Å²) in [6, 6.07) is 22.5. The molecule has 0 aliphatic rings. The maximum absolute atomic E-state index is 12.7. The van der Waals surface area contributed by atoms with Crippen LogP contribution in [-0.4, -0.2) is 23.9 Å². The monoisotopic (exact) mass is 542 g/mol. The van der Waals surface area contributed by atoms with Crippen molar-refractivity contribution in [3.8, 4) is 0 Å². The summed E-state index contributed by atoms with van der Waals surface area (Å²) in [6.07, 6.45) is -8.88. The lowest BCUT2D eigenvalue weighted by Crippen LogP contribution is -2.42. The van der Waals surface area contributed by atoms with Gasteiger partial charge in [-0.3, -0.25) is 0 Å². The third-order valence-corrected chi connectivity index (χ3v) is 6.24. The number of halogens is 6. The lowest BCUT2D eigenvalue weighted by atomic mass is 9.56. The van der Waals surface area contributed by atoms with Crippen LogP contribution in [0.4, 0.5) is 26.3 Å².